The summed E-state index contributed by atoms with van der Waals surface area (Å²) in [7, 11) is 0. The molecule has 0 aromatic rings. The summed E-state index contributed by atoms with van der Waals surface area (Å²) in [6, 6.07) is 0. The van der Waals surface area contributed by atoms with Crippen LogP contribution in [-0.4, -0.2) is 138 Å². The minimum Gasteiger partial charge on any atom is -0.481 e. The van der Waals surface area contributed by atoms with E-state index in [9.17, 15) is 60.3 Å². The Kier molecular flexibility index (Phi) is 11.1. The predicted molar refractivity (Wildman–Crippen MR) is 200 cm³/mol. The van der Waals surface area contributed by atoms with Gasteiger partial charge in [-0.15, -0.1) is 0 Å². The molecule has 4 saturated carbocycles. The molecule has 16 nitrogen and oxygen atoms in total. The molecule has 5 aliphatic carbocycles. The lowest BCUT2D eigenvalue weighted by Gasteiger charge is -2.73. The Morgan fingerprint density at radius 2 is 1.26 bits per heavy atom. The normalized spacial score (nSPS) is 52.5. The van der Waals surface area contributed by atoms with E-state index in [1.54, 1.807) is 0 Å². The molecule has 2 aliphatic heterocycles. The van der Waals surface area contributed by atoms with Gasteiger partial charge in [-0.2, -0.15) is 0 Å². The van der Waals surface area contributed by atoms with Crippen LogP contribution < -0.4 is 0 Å². The van der Waals surface area contributed by atoms with Gasteiger partial charge in [-0.25, -0.2) is 9.59 Å². The first-order valence-electron chi connectivity index (χ1n) is 21.0. The Morgan fingerprint density at radius 3 is 1.86 bits per heavy atom. The molecule has 2 heterocycles. The van der Waals surface area contributed by atoms with Crippen LogP contribution in [0, 0.1) is 50.2 Å². The number of aliphatic hydroxyl groups excluding tert-OH is 6. The Hall–Kier alpha value is -2.25. The fourth-order valence-electron chi connectivity index (χ4n) is 13.6. The number of fused-ring (bicyclic) bond motifs is 7. The maximum absolute atomic E-state index is 12.5. The summed E-state index contributed by atoms with van der Waals surface area (Å²) in [5, 5.41) is 94.7. The van der Waals surface area contributed by atoms with Crippen LogP contribution in [0.15, 0.2) is 11.6 Å². The molecule has 0 bridgehead atoms. The zero-order valence-electron chi connectivity index (χ0n) is 34.3. The van der Waals surface area contributed by atoms with Crippen molar-refractivity contribution in [1.29, 1.82) is 0 Å². The molecule has 0 aromatic carbocycles. The van der Waals surface area contributed by atoms with Crippen molar-refractivity contribution in [3.63, 3.8) is 0 Å². The van der Waals surface area contributed by atoms with Gasteiger partial charge in [0, 0.05) is 12.0 Å². The predicted octanol–water partition coefficient (Wildman–Crippen LogP) is 2.04. The lowest BCUT2D eigenvalue weighted by molar-refractivity contribution is -0.372. The van der Waals surface area contributed by atoms with Gasteiger partial charge in [-0.3, -0.25) is 4.79 Å². The SMILES string of the molecule is CC1(C)[C@@H](O[C@@H]2O[C@H](C(=O)O)[C@@H](O)[C@H](O)[C@H]2O[C@@H]2O[C@H](C(=O)O)[C@@H](O)[C@H](O)[C@H]2O)CC[C@]2(CO)[C@H]3CC[C@@H]4C5=C[C@@](C)(C(=O)O)CC[C@]5(C)CC[C@@]4(C)[C@]3(C)CC[C@@H]12. The molecule has 58 heavy (non-hydrogen) atoms. The Labute approximate surface area is 338 Å². The van der Waals surface area contributed by atoms with E-state index in [4.69, 9.17) is 18.9 Å². The summed E-state index contributed by atoms with van der Waals surface area (Å²) in [6.45, 7) is 12.9. The van der Waals surface area contributed by atoms with Gasteiger partial charge in [-0.05, 0) is 111 Å². The fourth-order valence-corrected chi connectivity index (χ4v) is 13.6. The van der Waals surface area contributed by atoms with E-state index in [2.05, 4.69) is 26.8 Å². The highest BCUT2D eigenvalue weighted by Crippen LogP contribution is 2.76. The fraction of sp³-hybridized carbons (Fsp3) is 0.881. The molecule has 19 atom stereocenters. The quantitative estimate of drug-likeness (QED) is 0.125. The van der Waals surface area contributed by atoms with Gasteiger partial charge in [0.05, 0.1) is 11.5 Å². The van der Waals surface area contributed by atoms with Crippen molar-refractivity contribution in [1.82, 2.24) is 0 Å². The average molecular weight is 825 g/mol. The first-order valence-corrected chi connectivity index (χ1v) is 21.0. The zero-order valence-corrected chi connectivity index (χ0v) is 34.3. The molecule has 0 amide bonds. The molecule has 7 rings (SSSR count). The number of hydrogen-bond donors (Lipinski definition) is 9. The summed E-state index contributed by atoms with van der Waals surface area (Å²) in [5.74, 6) is -3.77. The van der Waals surface area contributed by atoms with Crippen LogP contribution in [0.25, 0.3) is 0 Å². The number of ether oxygens (including phenoxy) is 4. The third-order valence-corrected chi connectivity index (χ3v) is 17.4. The van der Waals surface area contributed by atoms with Crippen molar-refractivity contribution >= 4 is 17.9 Å². The summed E-state index contributed by atoms with van der Waals surface area (Å²) >= 11 is 0. The highest BCUT2D eigenvalue weighted by atomic mass is 16.8. The van der Waals surface area contributed by atoms with E-state index in [-0.39, 0.29) is 40.6 Å². The third-order valence-electron chi connectivity index (χ3n) is 17.4. The van der Waals surface area contributed by atoms with E-state index in [0.29, 0.717) is 19.3 Å². The second kappa shape index (κ2) is 14.7. The van der Waals surface area contributed by atoms with Crippen LogP contribution in [0.1, 0.15) is 106 Å². The van der Waals surface area contributed by atoms with Gasteiger partial charge in [-0.1, -0.05) is 46.3 Å². The molecule has 328 valence electrons. The highest BCUT2D eigenvalue weighted by Gasteiger charge is 2.70. The topological polar surface area (TPSA) is 270 Å². The molecule has 0 unspecified atom stereocenters. The number of rotatable bonds is 8. The van der Waals surface area contributed by atoms with Crippen molar-refractivity contribution in [2.75, 3.05) is 6.61 Å². The smallest absolute Gasteiger partial charge is 0.335 e. The Bertz CT molecular complexity index is 1670. The number of carboxylic acids is 3. The Morgan fingerprint density at radius 1 is 0.655 bits per heavy atom. The second-order valence-corrected chi connectivity index (χ2v) is 20.4. The maximum atomic E-state index is 12.5. The molecule has 16 heteroatoms. The van der Waals surface area contributed by atoms with Crippen LogP contribution in [0.5, 0.6) is 0 Å². The van der Waals surface area contributed by atoms with Gasteiger partial charge < -0.3 is 64.9 Å². The maximum Gasteiger partial charge on any atom is 0.335 e. The summed E-state index contributed by atoms with van der Waals surface area (Å²) in [5.41, 5.74) is -1.15. The Balaban J connectivity index is 1.16. The number of hydrogen-bond acceptors (Lipinski definition) is 13. The van der Waals surface area contributed by atoms with Crippen molar-refractivity contribution in [3.05, 3.63) is 11.6 Å². The largest absolute Gasteiger partial charge is 0.481 e. The van der Waals surface area contributed by atoms with Gasteiger partial charge in [0.1, 0.15) is 36.6 Å². The van der Waals surface area contributed by atoms with Crippen molar-refractivity contribution in [2.45, 2.75) is 173 Å². The molecule has 7 aliphatic rings. The monoisotopic (exact) mass is 824 g/mol. The van der Waals surface area contributed by atoms with Crippen LogP contribution in [-0.2, 0) is 33.3 Å². The second-order valence-electron chi connectivity index (χ2n) is 20.4. The zero-order chi connectivity index (χ0) is 42.7. The number of aliphatic carboxylic acids is 3. The average Bonchev–Trinajstić information content (AvgIpc) is 3.15. The van der Waals surface area contributed by atoms with Crippen LogP contribution in [0.2, 0.25) is 0 Å². The molecule has 2 saturated heterocycles. The van der Waals surface area contributed by atoms with Crippen molar-refractivity contribution in [2.24, 2.45) is 50.2 Å². The molecular weight excluding hydrogens is 760 g/mol. The van der Waals surface area contributed by atoms with Crippen LogP contribution in [0.4, 0.5) is 0 Å². The van der Waals surface area contributed by atoms with Gasteiger partial charge in [0.15, 0.2) is 24.8 Å². The standard InChI is InChI=1S/C42H64O16/c1-37(2)21-9-11-41(6)22(8-7-19-20-17-39(4,36(53)54)14-13-38(20,3)15-16-40(19,41)5)42(21,18-43)12-10-23(37)55-35-31(27(47)26(46)30(57-35)33(51)52)58-34-28(48)24(44)25(45)29(56-34)32(49)50/h17,19,21-31,34-35,43-48H,7-16,18H2,1-6H3,(H,49,50)(H,51,52)(H,53,54)/t19-,21+,22+,23+,24+,25+,26+,27+,28-,29+,30+,31-,34+,35-,38-,39+,40-,41-,42-/m1/s1. The van der Waals surface area contributed by atoms with Gasteiger partial charge >= 0.3 is 17.9 Å². The van der Waals surface area contributed by atoms with Crippen molar-refractivity contribution < 1.29 is 79.3 Å². The molecule has 9 N–H and O–H groups in total. The van der Waals surface area contributed by atoms with Crippen LogP contribution in [0.3, 0.4) is 0 Å². The summed E-state index contributed by atoms with van der Waals surface area (Å²) in [6.07, 6.45) is -10.3. The first-order chi connectivity index (χ1) is 26.9. The molecule has 0 spiro atoms. The van der Waals surface area contributed by atoms with E-state index >= 15 is 0 Å². The number of carboxylic acid groups (broad SMARTS) is 3. The third kappa shape index (κ3) is 6.33. The minimum atomic E-state index is -2.04. The number of carbonyl (C=O) groups is 3. The van der Waals surface area contributed by atoms with E-state index in [1.165, 1.54) is 5.57 Å². The summed E-state index contributed by atoms with van der Waals surface area (Å²) < 4.78 is 23.4. The molecule has 0 aromatic heterocycles. The number of allylic oxidation sites excluding steroid dienone is 1. The number of aliphatic hydroxyl groups is 6. The van der Waals surface area contributed by atoms with E-state index in [0.717, 1.165) is 44.9 Å². The van der Waals surface area contributed by atoms with Crippen LogP contribution >= 0.6 is 0 Å². The lowest BCUT2D eigenvalue weighted by Crippen LogP contribution is -2.68. The first kappa shape index (κ1) is 43.8. The lowest BCUT2D eigenvalue weighted by atomic mass is 9.32. The molecular formula is C42H64O16. The highest BCUT2D eigenvalue weighted by molar-refractivity contribution is 5.77. The van der Waals surface area contributed by atoms with E-state index in [1.807, 2.05) is 20.8 Å². The van der Waals surface area contributed by atoms with E-state index < -0.39 is 102 Å². The summed E-state index contributed by atoms with van der Waals surface area (Å²) in [4.78, 5) is 36.5. The van der Waals surface area contributed by atoms with Crippen molar-refractivity contribution in [3.8, 4) is 0 Å². The van der Waals surface area contributed by atoms with Gasteiger partial charge in [0.25, 0.3) is 0 Å². The minimum absolute atomic E-state index is 0.0438. The molecule has 0 radical (unpaired) electrons. The van der Waals surface area contributed by atoms with Gasteiger partial charge in [0.2, 0.25) is 0 Å². The molecule has 6 fully saturated rings.